The summed E-state index contributed by atoms with van der Waals surface area (Å²) in [5, 5.41) is 12.2. The highest BCUT2D eigenvalue weighted by Gasteiger charge is 2.12. The molecule has 2 N–H and O–H groups in total. The topological polar surface area (TPSA) is 69.6 Å². The van der Waals surface area contributed by atoms with Gasteiger partial charge in [0.2, 0.25) is 11.8 Å². The molecule has 0 aromatic heterocycles. The molecule has 2 rings (SSSR count). The second-order valence-electron chi connectivity index (χ2n) is 5.21. The van der Waals surface area contributed by atoms with Gasteiger partial charge in [0.25, 0.3) is 0 Å². The number of rotatable bonds is 6. The second-order valence-corrected chi connectivity index (χ2v) is 5.21. The number of hydrogen-bond acceptors (Lipinski definition) is 3. The van der Waals surface area contributed by atoms with E-state index in [1.807, 2.05) is 30.3 Å². The van der Waals surface area contributed by atoms with Gasteiger partial charge in [0.15, 0.2) is 0 Å². The third-order valence-corrected chi connectivity index (χ3v) is 3.49. The molecule has 2 aromatic rings. The lowest BCUT2D eigenvalue weighted by Gasteiger charge is -2.17. The van der Waals surface area contributed by atoms with Gasteiger partial charge in [-0.1, -0.05) is 30.3 Å². The minimum absolute atomic E-state index is 0.0285. The Labute approximate surface area is 135 Å². The van der Waals surface area contributed by atoms with Crippen molar-refractivity contribution in [3.63, 3.8) is 0 Å². The third-order valence-electron chi connectivity index (χ3n) is 3.49. The van der Waals surface area contributed by atoms with Crippen LogP contribution in [0.1, 0.15) is 19.3 Å². The summed E-state index contributed by atoms with van der Waals surface area (Å²) in [7, 11) is 1.72. The first kappa shape index (κ1) is 16.5. The maximum absolute atomic E-state index is 12.1. The Balaban J connectivity index is 1.77. The van der Waals surface area contributed by atoms with Crippen molar-refractivity contribution in [1.29, 1.82) is 0 Å². The number of para-hydroxylation sites is 3. The lowest BCUT2D eigenvalue weighted by Crippen LogP contribution is -2.26. The van der Waals surface area contributed by atoms with Crippen LogP contribution >= 0.6 is 0 Å². The van der Waals surface area contributed by atoms with Crippen LogP contribution in [0.25, 0.3) is 0 Å². The molecule has 23 heavy (non-hydrogen) atoms. The summed E-state index contributed by atoms with van der Waals surface area (Å²) in [5.41, 5.74) is 1.21. The molecule has 0 fully saturated rings. The molecule has 120 valence electrons. The Morgan fingerprint density at radius 1 is 1.00 bits per heavy atom. The SMILES string of the molecule is CN(C(=O)CCCC(=O)Nc1ccccc1O)c1ccccc1. The second kappa shape index (κ2) is 7.98. The zero-order valence-electron chi connectivity index (χ0n) is 13.0. The van der Waals surface area contributed by atoms with Gasteiger partial charge in [0.05, 0.1) is 5.69 Å². The highest BCUT2D eigenvalue weighted by molar-refractivity contribution is 5.94. The summed E-state index contributed by atoms with van der Waals surface area (Å²) in [6, 6.07) is 15.9. The predicted octanol–water partition coefficient (Wildman–Crippen LogP) is 3.16. The molecule has 0 spiro atoms. The molecule has 0 saturated heterocycles. The molecule has 0 atom stereocenters. The molecule has 0 radical (unpaired) electrons. The van der Waals surface area contributed by atoms with Gasteiger partial charge in [-0.15, -0.1) is 0 Å². The average molecular weight is 312 g/mol. The van der Waals surface area contributed by atoms with E-state index >= 15 is 0 Å². The van der Waals surface area contributed by atoms with Gasteiger partial charge in [-0.05, 0) is 30.7 Å². The number of amides is 2. The zero-order valence-corrected chi connectivity index (χ0v) is 13.0. The van der Waals surface area contributed by atoms with Gasteiger partial charge in [-0.3, -0.25) is 9.59 Å². The van der Waals surface area contributed by atoms with Crippen molar-refractivity contribution in [3.8, 4) is 5.75 Å². The van der Waals surface area contributed by atoms with Gasteiger partial charge in [0.1, 0.15) is 5.75 Å². The van der Waals surface area contributed by atoms with Crippen LogP contribution in [0.15, 0.2) is 54.6 Å². The molecule has 2 amide bonds. The van der Waals surface area contributed by atoms with Crippen molar-refractivity contribution in [3.05, 3.63) is 54.6 Å². The van der Waals surface area contributed by atoms with E-state index in [0.717, 1.165) is 5.69 Å². The Morgan fingerprint density at radius 3 is 2.35 bits per heavy atom. The lowest BCUT2D eigenvalue weighted by molar-refractivity contribution is -0.118. The fourth-order valence-electron chi connectivity index (χ4n) is 2.16. The van der Waals surface area contributed by atoms with Crippen molar-refractivity contribution in [1.82, 2.24) is 0 Å². The number of hydrogen-bond donors (Lipinski definition) is 2. The number of benzene rings is 2. The van der Waals surface area contributed by atoms with E-state index in [1.165, 1.54) is 6.07 Å². The summed E-state index contributed by atoms with van der Waals surface area (Å²) in [5.74, 6) is -0.228. The maximum atomic E-state index is 12.1. The minimum atomic E-state index is -0.221. The molecule has 0 unspecified atom stereocenters. The average Bonchev–Trinajstić information content (AvgIpc) is 2.57. The number of nitrogens with zero attached hydrogens (tertiary/aromatic N) is 1. The maximum Gasteiger partial charge on any atom is 0.226 e. The Hall–Kier alpha value is -2.82. The molecule has 2 aromatic carbocycles. The molecule has 0 aliphatic carbocycles. The standard InChI is InChI=1S/C18H20N2O3/c1-20(14-8-3-2-4-9-14)18(23)13-7-12-17(22)19-15-10-5-6-11-16(15)21/h2-6,8-11,21H,7,12-13H2,1H3,(H,19,22). The van der Waals surface area contributed by atoms with E-state index in [-0.39, 0.29) is 24.0 Å². The molecular formula is C18H20N2O3. The number of anilines is 2. The molecular weight excluding hydrogens is 292 g/mol. The van der Waals surface area contributed by atoms with Crippen molar-refractivity contribution in [2.75, 3.05) is 17.3 Å². The summed E-state index contributed by atoms with van der Waals surface area (Å²) in [6.45, 7) is 0. The largest absolute Gasteiger partial charge is 0.506 e. The van der Waals surface area contributed by atoms with Crippen molar-refractivity contribution < 1.29 is 14.7 Å². The minimum Gasteiger partial charge on any atom is -0.506 e. The third kappa shape index (κ3) is 4.85. The number of nitrogens with one attached hydrogen (secondary N) is 1. The number of carbonyl (C=O) groups is 2. The van der Waals surface area contributed by atoms with Crippen LogP contribution in [0.5, 0.6) is 5.75 Å². The first-order valence-corrected chi connectivity index (χ1v) is 7.47. The summed E-state index contributed by atoms with van der Waals surface area (Å²) < 4.78 is 0. The van der Waals surface area contributed by atoms with E-state index in [9.17, 15) is 14.7 Å². The fourth-order valence-corrected chi connectivity index (χ4v) is 2.16. The predicted molar refractivity (Wildman–Crippen MR) is 90.4 cm³/mol. The zero-order chi connectivity index (χ0) is 16.7. The van der Waals surface area contributed by atoms with Gasteiger partial charge in [-0.25, -0.2) is 0 Å². The van der Waals surface area contributed by atoms with E-state index in [1.54, 1.807) is 30.1 Å². The summed E-state index contributed by atoms with van der Waals surface area (Å²) in [4.78, 5) is 25.5. The lowest BCUT2D eigenvalue weighted by atomic mass is 10.2. The van der Waals surface area contributed by atoms with Crippen molar-refractivity contribution in [2.45, 2.75) is 19.3 Å². The molecule has 5 nitrogen and oxygen atoms in total. The van der Waals surface area contributed by atoms with Crippen LogP contribution in [-0.4, -0.2) is 24.0 Å². The number of phenols is 1. The molecule has 0 aliphatic rings. The highest BCUT2D eigenvalue weighted by Crippen LogP contribution is 2.21. The van der Waals surface area contributed by atoms with Gasteiger partial charge in [0, 0.05) is 25.6 Å². The smallest absolute Gasteiger partial charge is 0.226 e. The molecule has 0 heterocycles. The number of phenolic OH excluding ortho intramolecular Hbond substituents is 1. The van der Waals surface area contributed by atoms with Crippen LogP contribution < -0.4 is 10.2 Å². The first-order valence-electron chi connectivity index (χ1n) is 7.47. The molecule has 0 bridgehead atoms. The number of carbonyl (C=O) groups excluding carboxylic acids is 2. The molecule has 0 saturated carbocycles. The Morgan fingerprint density at radius 2 is 1.65 bits per heavy atom. The van der Waals surface area contributed by atoms with E-state index in [4.69, 9.17) is 0 Å². The van der Waals surface area contributed by atoms with Crippen LogP contribution in [0.3, 0.4) is 0 Å². The first-order chi connectivity index (χ1) is 11.1. The molecule has 5 heteroatoms. The highest BCUT2D eigenvalue weighted by atomic mass is 16.3. The van der Waals surface area contributed by atoms with Gasteiger partial charge >= 0.3 is 0 Å². The summed E-state index contributed by atoms with van der Waals surface area (Å²) >= 11 is 0. The Kier molecular flexibility index (Phi) is 5.74. The van der Waals surface area contributed by atoms with E-state index in [0.29, 0.717) is 18.5 Å². The van der Waals surface area contributed by atoms with E-state index in [2.05, 4.69) is 5.32 Å². The van der Waals surface area contributed by atoms with Crippen molar-refractivity contribution in [2.24, 2.45) is 0 Å². The van der Waals surface area contributed by atoms with Gasteiger partial charge in [-0.2, -0.15) is 0 Å². The van der Waals surface area contributed by atoms with Gasteiger partial charge < -0.3 is 15.3 Å². The fraction of sp³-hybridized carbons (Fsp3) is 0.222. The van der Waals surface area contributed by atoms with Crippen LogP contribution in [0.2, 0.25) is 0 Å². The van der Waals surface area contributed by atoms with Crippen LogP contribution in [-0.2, 0) is 9.59 Å². The monoisotopic (exact) mass is 312 g/mol. The van der Waals surface area contributed by atoms with E-state index < -0.39 is 0 Å². The van der Waals surface area contributed by atoms with Crippen molar-refractivity contribution >= 4 is 23.2 Å². The summed E-state index contributed by atoms with van der Waals surface area (Å²) in [6.07, 6.45) is 0.970. The normalized spacial score (nSPS) is 10.1. The number of aromatic hydroxyl groups is 1. The Bertz CT molecular complexity index is 671. The quantitative estimate of drug-likeness (QED) is 0.805. The van der Waals surface area contributed by atoms with Crippen LogP contribution in [0.4, 0.5) is 11.4 Å². The van der Waals surface area contributed by atoms with Crippen LogP contribution in [0, 0.1) is 0 Å². The molecule has 0 aliphatic heterocycles.